The monoisotopic (exact) mass is 290 g/mol. The number of benzene rings is 2. The lowest BCUT2D eigenvalue weighted by Gasteiger charge is -2.20. The van der Waals surface area contributed by atoms with Crippen LogP contribution in [0, 0.1) is 5.92 Å². The minimum Gasteiger partial charge on any atom is -0.388 e. The lowest BCUT2D eigenvalue weighted by Crippen LogP contribution is -2.15. The number of ether oxygens (including phenoxy) is 1. The summed E-state index contributed by atoms with van der Waals surface area (Å²) in [4.78, 5) is 0. The summed E-state index contributed by atoms with van der Waals surface area (Å²) in [6, 6.07) is 17.4. The van der Waals surface area contributed by atoms with E-state index in [4.69, 9.17) is 16.3 Å². The van der Waals surface area contributed by atoms with Gasteiger partial charge in [0, 0.05) is 10.9 Å². The Hall–Kier alpha value is -1.35. The molecule has 0 aliphatic rings. The molecule has 0 fully saturated rings. The first kappa shape index (κ1) is 15.0. The van der Waals surface area contributed by atoms with Gasteiger partial charge in [-0.05, 0) is 17.2 Å². The molecular weight excluding hydrogens is 272 g/mol. The first-order chi connectivity index (χ1) is 9.68. The lowest BCUT2D eigenvalue weighted by atomic mass is 9.98. The first-order valence-electron chi connectivity index (χ1n) is 6.72. The highest BCUT2D eigenvalue weighted by Crippen LogP contribution is 2.28. The van der Waals surface area contributed by atoms with E-state index in [9.17, 15) is 5.11 Å². The van der Waals surface area contributed by atoms with Gasteiger partial charge in [-0.3, -0.25) is 0 Å². The molecule has 0 unspecified atom stereocenters. The van der Waals surface area contributed by atoms with E-state index in [1.165, 1.54) is 0 Å². The maximum absolute atomic E-state index is 10.3. The predicted octanol–water partition coefficient (Wildman–Crippen LogP) is 4.23. The molecular formula is C17H19ClO2. The Labute approximate surface area is 125 Å². The van der Waals surface area contributed by atoms with Crippen molar-refractivity contribution in [2.45, 2.75) is 19.6 Å². The van der Waals surface area contributed by atoms with Gasteiger partial charge in [-0.25, -0.2) is 0 Å². The van der Waals surface area contributed by atoms with Gasteiger partial charge in [0.05, 0.1) is 19.3 Å². The molecule has 0 aliphatic heterocycles. The van der Waals surface area contributed by atoms with Crippen LogP contribution in [0.25, 0.3) is 0 Å². The number of hydrogen-bond acceptors (Lipinski definition) is 2. The SMILES string of the molecule is C[C@H](COCc1ccccc1)[C@@H](O)c1ccccc1Cl. The molecule has 0 amide bonds. The van der Waals surface area contributed by atoms with Crippen molar-refractivity contribution in [2.24, 2.45) is 5.92 Å². The highest BCUT2D eigenvalue weighted by atomic mass is 35.5. The van der Waals surface area contributed by atoms with Gasteiger partial charge in [0.15, 0.2) is 0 Å². The van der Waals surface area contributed by atoms with Crippen LogP contribution in [-0.4, -0.2) is 11.7 Å². The normalized spacial score (nSPS) is 13.9. The second kappa shape index (κ2) is 7.44. The van der Waals surface area contributed by atoms with E-state index in [0.29, 0.717) is 18.2 Å². The summed E-state index contributed by atoms with van der Waals surface area (Å²) in [5.74, 6) is -0.0152. The van der Waals surface area contributed by atoms with E-state index in [1.54, 1.807) is 6.07 Å². The summed E-state index contributed by atoms with van der Waals surface area (Å²) in [5.41, 5.74) is 1.89. The molecule has 2 aromatic carbocycles. The third kappa shape index (κ3) is 4.07. The minimum atomic E-state index is -0.612. The molecule has 0 spiro atoms. The summed E-state index contributed by atoms with van der Waals surface area (Å²) >= 11 is 6.09. The number of halogens is 1. The molecule has 1 N–H and O–H groups in total. The summed E-state index contributed by atoms with van der Waals surface area (Å²) in [7, 11) is 0. The first-order valence-corrected chi connectivity index (χ1v) is 7.10. The topological polar surface area (TPSA) is 29.5 Å². The third-order valence-electron chi connectivity index (χ3n) is 3.26. The molecule has 2 aromatic rings. The number of hydrogen-bond donors (Lipinski definition) is 1. The fourth-order valence-electron chi connectivity index (χ4n) is 2.05. The van der Waals surface area contributed by atoms with Crippen molar-refractivity contribution in [3.8, 4) is 0 Å². The largest absolute Gasteiger partial charge is 0.388 e. The number of aliphatic hydroxyl groups is 1. The Morgan fingerprint density at radius 2 is 1.70 bits per heavy atom. The Morgan fingerprint density at radius 3 is 2.40 bits per heavy atom. The van der Waals surface area contributed by atoms with Gasteiger partial charge in [0.1, 0.15) is 0 Å². The predicted molar refractivity (Wildman–Crippen MR) is 81.7 cm³/mol. The van der Waals surface area contributed by atoms with Gasteiger partial charge in [0.2, 0.25) is 0 Å². The number of rotatable bonds is 6. The molecule has 0 radical (unpaired) electrons. The highest BCUT2D eigenvalue weighted by Gasteiger charge is 2.18. The van der Waals surface area contributed by atoms with E-state index in [1.807, 2.05) is 55.5 Å². The maximum atomic E-state index is 10.3. The molecule has 20 heavy (non-hydrogen) atoms. The molecule has 0 saturated carbocycles. The fraction of sp³-hybridized carbons (Fsp3) is 0.294. The fourth-order valence-corrected chi connectivity index (χ4v) is 2.30. The van der Waals surface area contributed by atoms with E-state index in [0.717, 1.165) is 11.1 Å². The van der Waals surface area contributed by atoms with Gasteiger partial charge in [-0.2, -0.15) is 0 Å². The van der Waals surface area contributed by atoms with E-state index in [2.05, 4.69) is 0 Å². The molecule has 2 rings (SSSR count). The highest BCUT2D eigenvalue weighted by molar-refractivity contribution is 6.31. The van der Waals surface area contributed by atoms with E-state index < -0.39 is 6.10 Å². The van der Waals surface area contributed by atoms with Crippen molar-refractivity contribution in [3.05, 3.63) is 70.7 Å². The van der Waals surface area contributed by atoms with Crippen molar-refractivity contribution in [2.75, 3.05) is 6.61 Å². The Balaban J connectivity index is 1.86. The Kier molecular flexibility index (Phi) is 5.60. The van der Waals surface area contributed by atoms with Crippen molar-refractivity contribution < 1.29 is 9.84 Å². The van der Waals surface area contributed by atoms with E-state index in [-0.39, 0.29) is 5.92 Å². The maximum Gasteiger partial charge on any atom is 0.0851 e. The third-order valence-corrected chi connectivity index (χ3v) is 3.60. The van der Waals surface area contributed by atoms with Gasteiger partial charge >= 0.3 is 0 Å². The van der Waals surface area contributed by atoms with Crippen LogP contribution in [0.15, 0.2) is 54.6 Å². The van der Waals surface area contributed by atoms with Crippen molar-refractivity contribution in [3.63, 3.8) is 0 Å². The van der Waals surface area contributed by atoms with Gasteiger partial charge < -0.3 is 9.84 Å². The van der Waals surface area contributed by atoms with Crippen LogP contribution in [0.2, 0.25) is 5.02 Å². The van der Waals surface area contributed by atoms with E-state index >= 15 is 0 Å². The average molecular weight is 291 g/mol. The molecule has 2 nitrogen and oxygen atoms in total. The molecule has 0 aromatic heterocycles. The van der Waals surface area contributed by atoms with Crippen LogP contribution in [-0.2, 0) is 11.3 Å². The van der Waals surface area contributed by atoms with Crippen LogP contribution >= 0.6 is 11.6 Å². The van der Waals surface area contributed by atoms with Crippen LogP contribution in [0.3, 0.4) is 0 Å². The zero-order chi connectivity index (χ0) is 14.4. The van der Waals surface area contributed by atoms with Crippen molar-refractivity contribution in [1.82, 2.24) is 0 Å². The van der Waals surface area contributed by atoms with Gasteiger partial charge in [-0.15, -0.1) is 0 Å². The quantitative estimate of drug-likeness (QED) is 0.863. The zero-order valence-corrected chi connectivity index (χ0v) is 12.3. The summed E-state index contributed by atoms with van der Waals surface area (Å²) in [6.45, 7) is 3.00. The van der Waals surface area contributed by atoms with Crippen LogP contribution in [0.1, 0.15) is 24.2 Å². The Morgan fingerprint density at radius 1 is 1.05 bits per heavy atom. The van der Waals surface area contributed by atoms with Crippen molar-refractivity contribution in [1.29, 1.82) is 0 Å². The van der Waals surface area contributed by atoms with Crippen LogP contribution in [0.5, 0.6) is 0 Å². The molecule has 0 aliphatic carbocycles. The average Bonchev–Trinajstić information content (AvgIpc) is 2.48. The molecule has 3 heteroatoms. The molecule has 106 valence electrons. The molecule has 2 atom stereocenters. The lowest BCUT2D eigenvalue weighted by molar-refractivity contribution is 0.0281. The second-order valence-corrected chi connectivity index (χ2v) is 5.35. The van der Waals surface area contributed by atoms with Crippen molar-refractivity contribution >= 4 is 11.6 Å². The smallest absolute Gasteiger partial charge is 0.0851 e. The molecule has 0 bridgehead atoms. The number of aliphatic hydroxyl groups excluding tert-OH is 1. The molecule has 0 saturated heterocycles. The Bertz CT molecular complexity index is 528. The molecule has 0 heterocycles. The van der Waals surface area contributed by atoms with Crippen LogP contribution < -0.4 is 0 Å². The zero-order valence-electron chi connectivity index (χ0n) is 11.5. The summed E-state index contributed by atoms with van der Waals surface area (Å²) < 4.78 is 5.66. The van der Waals surface area contributed by atoms with Gasteiger partial charge in [-0.1, -0.05) is 67.1 Å². The minimum absolute atomic E-state index is 0.0152. The standard InChI is InChI=1S/C17H19ClO2/c1-13(11-20-12-14-7-3-2-4-8-14)17(19)15-9-5-6-10-16(15)18/h2-10,13,17,19H,11-12H2,1H3/t13-,17-/m1/s1. The summed E-state index contributed by atoms with van der Waals surface area (Å²) in [6.07, 6.45) is -0.612. The summed E-state index contributed by atoms with van der Waals surface area (Å²) in [5, 5.41) is 10.9. The second-order valence-electron chi connectivity index (χ2n) is 4.94. The van der Waals surface area contributed by atoms with Gasteiger partial charge in [0.25, 0.3) is 0 Å². The van der Waals surface area contributed by atoms with Crippen LogP contribution in [0.4, 0.5) is 0 Å².